The third kappa shape index (κ3) is 2.23. The van der Waals surface area contributed by atoms with Crippen molar-refractivity contribution in [3.63, 3.8) is 0 Å². The van der Waals surface area contributed by atoms with Crippen LogP contribution in [-0.2, 0) is 4.74 Å². The molecule has 0 aliphatic heterocycles. The standard InChI is InChI=1S/C16H14N2O2/c1-2-20-16(19)11-5-6-14-12(7-11)8-13(9-17)15(18-14)10-3-4-10/h5-8,10H,2-4H2,1H3. The van der Waals surface area contributed by atoms with E-state index in [2.05, 4.69) is 11.1 Å². The fraction of sp³-hybridized carbons (Fsp3) is 0.312. The molecule has 1 aromatic carbocycles. The molecule has 100 valence electrons. The number of fused-ring (bicyclic) bond motifs is 1. The van der Waals surface area contributed by atoms with Gasteiger partial charge in [-0.05, 0) is 44.0 Å². The second-order valence-corrected chi connectivity index (χ2v) is 4.94. The lowest BCUT2D eigenvalue weighted by Gasteiger charge is -2.06. The van der Waals surface area contributed by atoms with E-state index in [-0.39, 0.29) is 5.97 Å². The van der Waals surface area contributed by atoms with Crippen LogP contribution in [0, 0.1) is 11.3 Å². The molecule has 0 saturated heterocycles. The number of nitriles is 1. The highest BCUT2D eigenvalue weighted by atomic mass is 16.5. The van der Waals surface area contributed by atoms with Gasteiger partial charge in [0.05, 0.1) is 28.9 Å². The van der Waals surface area contributed by atoms with Crippen molar-refractivity contribution in [1.82, 2.24) is 4.98 Å². The van der Waals surface area contributed by atoms with Crippen molar-refractivity contribution in [1.29, 1.82) is 5.26 Å². The minimum atomic E-state index is -0.348. The Labute approximate surface area is 117 Å². The fourth-order valence-corrected chi connectivity index (χ4v) is 2.29. The van der Waals surface area contributed by atoms with Crippen molar-refractivity contribution in [3.05, 3.63) is 41.1 Å². The predicted molar refractivity (Wildman–Crippen MR) is 74.4 cm³/mol. The predicted octanol–water partition coefficient (Wildman–Crippen LogP) is 3.16. The average Bonchev–Trinajstić information content (AvgIpc) is 3.30. The topological polar surface area (TPSA) is 63.0 Å². The quantitative estimate of drug-likeness (QED) is 0.800. The lowest BCUT2D eigenvalue weighted by Crippen LogP contribution is -2.04. The highest BCUT2D eigenvalue weighted by molar-refractivity contribution is 5.94. The zero-order chi connectivity index (χ0) is 14.1. The number of ether oxygens (including phenoxy) is 1. The average molecular weight is 266 g/mol. The van der Waals surface area contributed by atoms with E-state index < -0.39 is 0 Å². The van der Waals surface area contributed by atoms with Gasteiger partial charge < -0.3 is 4.74 Å². The third-order valence-electron chi connectivity index (χ3n) is 3.44. The van der Waals surface area contributed by atoms with Crippen LogP contribution in [0.4, 0.5) is 0 Å². The molecular weight excluding hydrogens is 252 g/mol. The van der Waals surface area contributed by atoms with E-state index in [1.807, 2.05) is 12.1 Å². The van der Waals surface area contributed by atoms with Crippen molar-refractivity contribution in [2.24, 2.45) is 0 Å². The largest absolute Gasteiger partial charge is 0.462 e. The second-order valence-electron chi connectivity index (χ2n) is 4.94. The molecule has 0 bridgehead atoms. The number of aromatic nitrogens is 1. The van der Waals surface area contributed by atoms with E-state index in [1.54, 1.807) is 19.1 Å². The number of carbonyl (C=O) groups is 1. The zero-order valence-electron chi connectivity index (χ0n) is 11.2. The molecule has 0 spiro atoms. The number of carbonyl (C=O) groups excluding carboxylic acids is 1. The van der Waals surface area contributed by atoms with E-state index in [9.17, 15) is 10.1 Å². The minimum Gasteiger partial charge on any atom is -0.462 e. The molecule has 1 aliphatic rings. The summed E-state index contributed by atoms with van der Waals surface area (Å²) in [4.78, 5) is 16.3. The Morgan fingerprint density at radius 3 is 2.90 bits per heavy atom. The molecule has 20 heavy (non-hydrogen) atoms. The zero-order valence-corrected chi connectivity index (χ0v) is 11.2. The molecule has 0 atom stereocenters. The van der Waals surface area contributed by atoms with Crippen LogP contribution >= 0.6 is 0 Å². The van der Waals surface area contributed by atoms with Gasteiger partial charge in [-0.2, -0.15) is 5.26 Å². The van der Waals surface area contributed by atoms with Crippen LogP contribution in [0.25, 0.3) is 10.9 Å². The summed E-state index contributed by atoms with van der Waals surface area (Å²) in [6.45, 7) is 2.12. The van der Waals surface area contributed by atoms with Crippen LogP contribution in [0.2, 0.25) is 0 Å². The number of rotatable bonds is 3. The number of esters is 1. The molecule has 0 amide bonds. The van der Waals surface area contributed by atoms with Crippen LogP contribution < -0.4 is 0 Å². The maximum absolute atomic E-state index is 11.7. The molecule has 0 unspecified atom stereocenters. The molecule has 0 N–H and O–H groups in total. The molecule has 2 aromatic rings. The number of pyridine rings is 1. The lowest BCUT2D eigenvalue weighted by atomic mass is 10.1. The number of hydrogen-bond donors (Lipinski definition) is 0. The van der Waals surface area contributed by atoms with Gasteiger partial charge >= 0.3 is 5.97 Å². The van der Waals surface area contributed by atoms with Gasteiger partial charge in [0, 0.05) is 11.3 Å². The van der Waals surface area contributed by atoms with Crippen LogP contribution in [0.1, 0.15) is 47.3 Å². The molecule has 1 fully saturated rings. The van der Waals surface area contributed by atoms with E-state index in [0.29, 0.717) is 23.7 Å². The molecule has 1 saturated carbocycles. The summed E-state index contributed by atoms with van der Waals surface area (Å²) in [5.41, 5.74) is 2.81. The number of nitrogens with zero attached hydrogens (tertiary/aromatic N) is 2. The van der Waals surface area contributed by atoms with E-state index in [1.165, 1.54) is 0 Å². The minimum absolute atomic E-state index is 0.346. The summed E-state index contributed by atoms with van der Waals surface area (Å²) in [5, 5.41) is 10.0. The molecule has 4 heteroatoms. The third-order valence-corrected chi connectivity index (χ3v) is 3.44. The fourth-order valence-electron chi connectivity index (χ4n) is 2.29. The highest BCUT2D eigenvalue weighted by Gasteiger charge is 2.28. The van der Waals surface area contributed by atoms with Gasteiger partial charge in [0.25, 0.3) is 0 Å². The van der Waals surface area contributed by atoms with Gasteiger partial charge in [0.1, 0.15) is 6.07 Å². The van der Waals surface area contributed by atoms with Crippen molar-refractivity contribution < 1.29 is 9.53 Å². The Balaban J connectivity index is 2.08. The maximum atomic E-state index is 11.7. The van der Waals surface area contributed by atoms with Gasteiger partial charge in [0.15, 0.2) is 0 Å². The summed E-state index contributed by atoms with van der Waals surface area (Å²) in [7, 11) is 0. The van der Waals surface area contributed by atoms with Crippen LogP contribution in [-0.4, -0.2) is 17.6 Å². The Bertz CT molecular complexity index is 727. The number of benzene rings is 1. The first kappa shape index (κ1) is 12.6. The monoisotopic (exact) mass is 266 g/mol. The summed E-state index contributed by atoms with van der Waals surface area (Å²) < 4.78 is 4.98. The lowest BCUT2D eigenvalue weighted by molar-refractivity contribution is 0.0526. The molecule has 1 aromatic heterocycles. The first-order valence-electron chi connectivity index (χ1n) is 6.75. The van der Waals surface area contributed by atoms with E-state index in [4.69, 9.17) is 4.74 Å². The van der Waals surface area contributed by atoms with Gasteiger partial charge in [-0.1, -0.05) is 0 Å². The van der Waals surface area contributed by atoms with Crippen molar-refractivity contribution >= 4 is 16.9 Å². The van der Waals surface area contributed by atoms with E-state index in [0.717, 1.165) is 29.4 Å². The molecule has 1 aliphatic carbocycles. The van der Waals surface area contributed by atoms with Crippen LogP contribution in [0.3, 0.4) is 0 Å². The van der Waals surface area contributed by atoms with Crippen LogP contribution in [0.15, 0.2) is 24.3 Å². The summed E-state index contributed by atoms with van der Waals surface area (Å²) in [5.74, 6) is 0.0814. The Morgan fingerprint density at radius 1 is 1.45 bits per heavy atom. The molecular formula is C16H14N2O2. The first-order valence-corrected chi connectivity index (χ1v) is 6.75. The van der Waals surface area contributed by atoms with Crippen molar-refractivity contribution in [2.45, 2.75) is 25.7 Å². The SMILES string of the molecule is CCOC(=O)c1ccc2nc(C3CC3)c(C#N)cc2c1. The van der Waals surface area contributed by atoms with Gasteiger partial charge in [-0.15, -0.1) is 0 Å². The van der Waals surface area contributed by atoms with Gasteiger partial charge in [-0.3, -0.25) is 4.98 Å². The summed E-state index contributed by atoms with van der Waals surface area (Å²) in [6, 6.07) is 9.29. The van der Waals surface area contributed by atoms with Gasteiger partial charge in [-0.25, -0.2) is 4.79 Å². The Kier molecular flexibility index (Phi) is 3.11. The molecule has 1 heterocycles. The first-order chi connectivity index (χ1) is 9.72. The second kappa shape index (κ2) is 4.93. The Hall–Kier alpha value is -2.41. The number of hydrogen-bond acceptors (Lipinski definition) is 4. The van der Waals surface area contributed by atoms with E-state index >= 15 is 0 Å². The van der Waals surface area contributed by atoms with Crippen molar-refractivity contribution in [3.8, 4) is 6.07 Å². The maximum Gasteiger partial charge on any atom is 0.338 e. The molecule has 0 radical (unpaired) electrons. The summed E-state index contributed by atoms with van der Waals surface area (Å²) >= 11 is 0. The van der Waals surface area contributed by atoms with Gasteiger partial charge in [0.2, 0.25) is 0 Å². The molecule has 4 nitrogen and oxygen atoms in total. The Morgan fingerprint density at radius 2 is 2.25 bits per heavy atom. The highest BCUT2D eigenvalue weighted by Crippen LogP contribution is 2.41. The molecule has 3 rings (SSSR count). The van der Waals surface area contributed by atoms with Crippen molar-refractivity contribution in [2.75, 3.05) is 6.61 Å². The summed E-state index contributed by atoms with van der Waals surface area (Å²) in [6.07, 6.45) is 2.21. The van der Waals surface area contributed by atoms with Crippen LogP contribution in [0.5, 0.6) is 0 Å². The smallest absolute Gasteiger partial charge is 0.338 e. The normalized spacial score (nSPS) is 14.0.